The summed E-state index contributed by atoms with van der Waals surface area (Å²) in [6.07, 6.45) is -8.17. The van der Waals surface area contributed by atoms with Gasteiger partial charge in [-0.3, -0.25) is 14.4 Å². The van der Waals surface area contributed by atoms with Gasteiger partial charge in [0.15, 0.2) is 11.6 Å². The highest BCUT2D eigenvalue weighted by Gasteiger charge is 2.43. The molecule has 2 atom stereocenters. The molecule has 1 amide bonds. The van der Waals surface area contributed by atoms with E-state index in [1.165, 1.54) is 6.92 Å². The van der Waals surface area contributed by atoms with Crippen LogP contribution in [0.4, 0.5) is 26.3 Å². The SMILES string of the molecule is CC(=O)NC1=CC(=O)CC(C(F)(F)F)C1.NC1=CC(=O)CC(C(F)(F)F)C1. The van der Waals surface area contributed by atoms with E-state index < -0.39 is 54.5 Å². The third kappa shape index (κ3) is 7.83. The second-order valence-corrected chi connectivity index (χ2v) is 6.30. The first-order chi connectivity index (χ1) is 12.2. The van der Waals surface area contributed by atoms with E-state index in [4.69, 9.17) is 5.73 Å². The maximum absolute atomic E-state index is 12.3. The maximum Gasteiger partial charge on any atom is 0.392 e. The molecule has 2 aliphatic carbocycles. The van der Waals surface area contributed by atoms with Crippen LogP contribution in [-0.4, -0.2) is 29.8 Å². The predicted molar refractivity (Wildman–Crippen MR) is 81.7 cm³/mol. The van der Waals surface area contributed by atoms with E-state index in [1.807, 2.05) is 0 Å². The van der Waals surface area contributed by atoms with Crippen molar-refractivity contribution in [1.82, 2.24) is 5.32 Å². The number of ketones is 2. The van der Waals surface area contributed by atoms with E-state index in [1.54, 1.807) is 0 Å². The van der Waals surface area contributed by atoms with Crippen LogP contribution in [0.3, 0.4) is 0 Å². The number of carbonyl (C=O) groups excluding carboxylic acids is 3. The van der Waals surface area contributed by atoms with Crippen LogP contribution in [0.25, 0.3) is 0 Å². The number of rotatable bonds is 1. The first-order valence-electron chi connectivity index (χ1n) is 7.81. The normalized spacial score (nSPS) is 23.7. The van der Waals surface area contributed by atoms with Gasteiger partial charge in [-0.15, -0.1) is 0 Å². The fourth-order valence-electron chi connectivity index (χ4n) is 2.59. The Balaban J connectivity index is 0.000000277. The summed E-state index contributed by atoms with van der Waals surface area (Å²) in [5.41, 5.74) is 5.22. The molecular formula is C16H18F6N2O3. The lowest BCUT2D eigenvalue weighted by molar-refractivity contribution is -0.179. The van der Waals surface area contributed by atoms with E-state index >= 15 is 0 Å². The Morgan fingerprint density at radius 2 is 1.37 bits per heavy atom. The second kappa shape index (κ2) is 8.57. The minimum atomic E-state index is -4.40. The van der Waals surface area contributed by atoms with E-state index in [9.17, 15) is 40.7 Å². The lowest BCUT2D eigenvalue weighted by atomic mass is 9.90. The zero-order valence-corrected chi connectivity index (χ0v) is 14.2. The van der Waals surface area contributed by atoms with E-state index in [0.717, 1.165) is 12.2 Å². The topological polar surface area (TPSA) is 89.3 Å². The van der Waals surface area contributed by atoms with Crippen LogP contribution in [0.2, 0.25) is 0 Å². The monoisotopic (exact) mass is 400 g/mol. The summed E-state index contributed by atoms with van der Waals surface area (Å²) in [6.45, 7) is 1.18. The molecule has 11 heteroatoms. The molecule has 0 heterocycles. The van der Waals surface area contributed by atoms with Gasteiger partial charge in [0.1, 0.15) is 0 Å². The average molecular weight is 400 g/mol. The number of alkyl halides is 6. The molecule has 0 saturated heterocycles. The van der Waals surface area contributed by atoms with Gasteiger partial charge in [-0.25, -0.2) is 0 Å². The molecule has 0 radical (unpaired) electrons. The Bertz CT molecular complexity index is 664. The Morgan fingerprint density at radius 3 is 1.78 bits per heavy atom. The Hall–Kier alpha value is -2.33. The first-order valence-corrected chi connectivity index (χ1v) is 7.81. The summed E-state index contributed by atoms with van der Waals surface area (Å²) >= 11 is 0. The molecule has 0 saturated carbocycles. The largest absolute Gasteiger partial charge is 0.402 e. The lowest BCUT2D eigenvalue weighted by Gasteiger charge is -2.24. The van der Waals surface area contributed by atoms with Gasteiger partial charge in [0.2, 0.25) is 5.91 Å². The summed E-state index contributed by atoms with van der Waals surface area (Å²) in [6, 6.07) is 0. The number of hydrogen-bond donors (Lipinski definition) is 2. The van der Waals surface area contributed by atoms with E-state index in [0.29, 0.717) is 0 Å². The van der Waals surface area contributed by atoms with Crippen LogP contribution in [0, 0.1) is 11.8 Å². The van der Waals surface area contributed by atoms with Crippen molar-refractivity contribution in [3.63, 3.8) is 0 Å². The van der Waals surface area contributed by atoms with Crippen LogP contribution in [-0.2, 0) is 14.4 Å². The molecule has 27 heavy (non-hydrogen) atoms. The Labute approximate surface area is 150 Å². The summed E-state index contributed by atoms with van der Waals surface area (Å²) in [4.78, 5) is 32.3. The molecule has 2 aliphatic rings. The van der Waals surface area contributed by atoms with Crippen molar-refractivity contribution in [3.05, 3.63) is 23.5 Å². The summed E-state index contributed by atoms with van der Waals surface area (Å²) in [5, 5.41) is 2.22. The number of allylic oxidation sites excluding steroid dienone is 4. The van der Waals surface area contributed by atoms with Gasteiger partial charge < -0.3 is 11.1 Å². The number of nitrogens with one attached hydrogen (secondary N) is 1. The summed E-state index contributed by atoms with van der Waals surface area (Å²) < 4.78 is 73.2. The predicted octanol–water partition coefficient (Wildman–Crippen LogP) is 2.92. The molecule has 0 fully saturated rings. The maximum atomic E-state index is 12.3. The minimum absolute atomic E-state index is 0.0218. The van der Waals surface area contributed by atoms with Crippen molar-refractivity contribution in [1.29, 1.82) is 0 Å². The molecule has 0 aromatic heterocycles. The highest BCUT2D eigenvalue weighted by molar-refractivity contribution is 5.92. The highest BCUT2D eigenvalue weighted by atomic mass is 19.4. The zero-order valence-electron chi connectivity index (χ0n) is 14.2. The van der Waals surface area contributed by atoms with E-state index in [-0.39, 0.29) is 24.2 Å². The molecule has 0 spiro atoms. The van der Waals surface area contributed by atoms with Crippen LogP contribution in [0.5, 0.6) is 0 Å². The van der Waals surface area contributed by atoms with Gasteiger partial charge in [-0.1, -0.05) is 0 Å². The third-order valence-corrected chi connectivity index (χ3v) is 3.79. The Morgan fingerprint density at radius 1 is 0.926 bits per heavy atom. The fourth-order valence-corrected chi connectivity index (χ4v) is 2.59. The number of hydrogen-bond acceptors (Lipinski definition) is 4. The zero-order chi connectivity index (χ0) is 21.0. The number of nitrogens with two attached hydrogens (primary N) is 1. The molecule has 0 bridgehead atoms. The average Bonchev–Trinajstić information content (AvgIpc) is 2.43. The first kappa shape index (κ1) is 22.7. The minimum Gasteiger partial charge on any atom is -0.402 e. The number of amides is 1. The number of carbonyl (C=O) groups is 3. The molecule has 0 aromatic carbocycles. The molecule has 0 aromatic rings. The quantitative estimate of drug-likeness (QED) is 0.663. The molecule has 0 aliphatic heterocycles. The van der Waals surface area contributed by atoms with Crippen molar-refractivity contribution in [3.8, 4) is 0 Å². The molecule has 152 valence electrons. The van der Waals surface area contributed by atoms with Crippen molar-refractivity contribution >= 4 is 17.5 Å². The van der Waals surface area contributed by atoms with Crippen molar-refractivity contribution in [2.24, 2.45) is 17.6 Å². The van der Waals surface area contributed by atoms with Crippen molar-refractivity contribution in [2.75, 3.05) is 0 Å². The van der Waals surface area contributed by atoms with Gasteiger partial charge in [0.05, 0.1) is 11.8 Å². The van der Waals surface area contributed by atoms with E-state index in [2.05, 4.69) is 5.32 Å². The van der Waals surface area contributed by atoms with Crippen LogP contribution < -0.4 is 11.1 Å². The van der Waals surface area contributed by atoms with Gasteiger partial charge in [0, 0.05) is 37.2 Å². The molecular weight excluding hydrogens is 382 g/mol. The molecule has 3 N–H and O–H groups in total. The van der Waals surface area contributed by atoms with Crippen LogP contribution in [0.15, 0.2) is 23.5 Å². The molecule has 2 rings (SSSR count). The van der Waals surface area contributed by atoms with Crippen LogP contribution in [0.1, 0.15) is 32.6 Å². The smallest absolute Gasteiger partial charge is 0.392 e. The molecule has 2 unspecified atom stereocenters. The molecule has 5 nitrogen and oxygen atoms in total. The standard InChI is InChI=1S/C9H10F3NO2.C7H8F3NO/c1-5(14)13-7-2-6(9(10,11)12)3-8(15)4-7;8-7(9,10)4-1-5(11)3-6(12)2-4/h4,6H,2-3H2,1H3,(H,13,14);3-4H,1-2,11H2. The van der Waals surface area contributed by atoms with Gasteiger partial charge in [0.25, 0.3) is 0 Å². The van der Waals surface area contributed by atoms with Crippen molar-refractivity contribution < 1.29 is 40.7 Å². The Kier molecular flexibility index (Phi) is 7.21. The van der Waals surface area contributed by atoms with Crippen molar-refractivity contribution in [2.45, 2.75) is 45.0 Å². The summed E-state index contributed by atoms with van der Waals surface area (Å²) in [7, 11) is 0. The summed E-state index contributed by atoms with van der Waals surface area (Å²) in [5.74, 6) is -4.89. The van der Waals surface area contributed by atoms with Crippen LogP contribution >= 0.6 is 0 Å². The number of halogens is 6. The lowest BCUT2D eigenvalue weighted by Crippen LogP contribution is -2.33. The fraction of sp³-hybridized carbons (Fsp3) is 0.562. The van der Waals surface area contributed by atoms with Gasteiger partial charge >= 0.3 is 12.4 Å². The third-order valence-electron chi connectivity index (χ3n) is 3.79. The highest BCUT2D eigenvalue weighted by Crippen LogP contribution is 2.36. The second-order valence-electron chi connectivity index (χ2n) is 6.30. The van der Waals surface area contributed by atoms with Gasteiger partial charge in [-0.05, 0) is 18.9 Å². The van der Waals surface area contributed by atoms with Gasteiger partial charge in [-0.2, -0.15) is 26.3 Å².